The van der Waals surface area contributed by atoms with Gasteiger partial charge in [0.1, 0.15) is 0 Å². The molecule has 2 rings (SSSR count). The first-order valence-electron chi connectivity index (χ1n) is 7.10. The molecule has 110 valence electrons. The molecule has 2 aromatic rings. The van der Waals surface area contributed by atoms with Crippen molar-refractivity contribution in [2.24, 2.45) is 0 Å². The number of anilines is 2. The van der Waals surface area contributed by atoms with Crippen LogP contribution in [0.15, 0.2) is 48.5 Å². The predicted octanol–water partition coefficient (Wildman–Crippen LogP) is 5.10. The Balaban J connectivity index is 2.00. The van der Waals surface area contributed by atoms with Crippen LogP contribution < -0.4 is 10.6 Å². The summed E-state index contributed by atoms with van der Waals surface area (Å²) in [5.41, 5.74) is 4.67. The third-order valence-corrected chi connectivity index (χ3v) is 3.49. The Kier molecular flexibility index (Phi) is 4.63. The highest BCUT2D eigenvalue weighted by Gasteiger charge is 2.12. The highest BCUT2D eigenvalue weighted by molar-refractivity contribution is 7.80. The summed E-state index contributed by atoms with van der Waals surface area (Å²) in [6.07, 6.45) is 0. The highest BCUT2D eigenvalue weighted by Crippen LogP contribution is 2.23. The molecule has 0 bridgehead atoms. The van der Waals surface area contributed by atoms with Crippen molar-refractivity contribution in [2.45, 2.75) is 33.1 Å². The molecule has 2 N–H and O–H groups in total. The van der Waals surface area contributed by atoms with Crippen LogP contribution in [0.4, 0.5) is 11.4 Å². The molecule has 0 aliphatic heterocycles. The number of hydrogen-bond acceptors (Lipinski definition) is 1. The second kappa shape index (κ2) is 6.27. The zero-order valence-electron chi connectivity index (χ0n) is 13.0. The zero-order valence-corrected chi connectivity index (χ0v) is 13.8. The minimum Gasteiger partial charge on any atom is -0.332 e. The number of benzene rings is 2. The first kappa shape index (κ1) is 15.5. The smallest absolute Gasteiger partial charge is 0.175 e. The van der Waals surface area contributed by atoms with Crippen LogP contribution in [0.5, 0.6) is 0 Å². The van der Waals surface area contributed by atoms with E-state index in [4.69, 9.17) is 12.2 Å². The van der Waals surface area contributed by atoms with Crippen LogP contribution in [-0.2, 0) is 5.41 Å². The lowest BCUT2D eigenvalue weighted by molar-refractivity contribution is 0.590. The van der Waals surface area contributed by atoms with E-state index in [0.717, 1.165) is 11.4 Å². The maximum atomic E-state index is 5.35. The molecule has 0 amide bonds. The molecule has 0 atom stereocenters. The Morgan fingerprint density at radius 3 is 2.10 bits per heavy atom. The molecule has 0 aromatic heterocycles. The molecular formula is C18H22N2S. The van der Waals surface area contributed by atoms with Gasteiger partial charge in [0.05, 0.1) is 0 Å². The fraction of sp³-hybridized carbons (Fsp3) is 0.278. The Morgan fingerprint density at radius 1 is 0.905 bits per heavy atom. The van der Waals surface area contributed by atoms with Gasteiger partial charge in [-0.05, 0) is 59.9 Å². The third-order valence-electron chi connectivity index (χ3n) is 3.28. The van der Waals surface area contributed by atoms with E-state index >= 15 is 0 Å². The van der Waals surface area contributed by atoms with Crippen LogP contribution in [-0.4, -0.2) is 5.11 Å². The number of hydrogen-bond donors (Lipinski definition) is 2. The van der Waals surface area contributed by atoms with Crippen molar-refractivity contribution in [1.82, 2.24) is 0 Å². The van der Waals surface area contributed by atoms with Crippen molar-refractivity contribution in [3.05, 3.63) is 59.7 Å². The summed E-state index contributed by atoms with van der Waals surface area (Å²) in [5.74, 6) is 0. The summed E-state index contributed by atoms with van der Waals surface area (Å²) >= 11 is 5.35. The van der Waals surface area contributed by atoms with Gasteiger partial charge in [-0.3, -0.25) is 0 Å². The number of nitrogens with one attached hydrogen (secondary N) is 2. The fourth-order valence-electron chi connectivity index (χ4n) is 2.07. The van der Waals surface area contributed by atoms with E-state index in [1.165, 1.54) is 11.1 Å². The lowest BCUT2D eigenvalue weighted by Gasteiger charge is -2.19. The summed E-state index contributed by atoms with van der Waals surface area (Å²) in [7, 11) is 0. The first-order valence-corrected chi connectivity index (χ1v) is 7.51. The summed E-state index contributed by atoms with van der Waals surface area (Å²) in [4.78, 5) is 0. The number of aryl methyl sites for hydroxylation is 1. The van der Waals surface area contributed by atoms with Gasteiger partial charge in [0.2, 0.25) is 0 Å². The van der Waals surface area contributed by atoms with Gasteiger partial charge in [-0.15, -0.1) is 0 Å². The second-order valence-electron chi connectivity index (χ2n) is 6.28. The van der Waals surface area contributed by atoms with E-state index in [0.29, 0.717) is 5.11 Å². The second-order valence-corrected chi connectivity index (χ2v) is 6.68. The molecule has 3 heteroatoms. The van der Waals surface area contributed by atoms with Gasteiger partial charge < -0.3 is 10.6 Å². The Hall–Kier alpha value is -1.87. The Morgan fingerprint density at radius 2 is 1.52 bits per heavy atom. The SMILES string of the molecule is Cc1cccc(NC(=S)Nc2ccc(C(C)(C)C)cc2)c1. The van der Waals surface area contributed by atoms with Crippen molar-refractivity contribution in [3.8, 4) is 0 Å². The number of thiocarbonyl (C=S) groups is 1. The van der Waals surface area contributed by atoms with Crippen LogP contribution in [0.2, 0.25) is 0 Å². The van der Waals surface area contributed by atoms with E-state index in [9.17, 15) is 0 Å². The van der Waals surface area contributed by atoms with Crippen molar-refractivity contribution in [2.75, 3.05) is 10.6 Å². The highest BCUT2D eigenvalue weighted by atomic mass is 32.1. The van der Waals surface area contributed by atoms with Crippen molar-refractivity contribution >= 4 is 28.7 Å². The van der Waals surface area contributed by atoms with E-state index in [1.54, 1.807) is 0 Å². The maximum Gasteiger partial charge on any atom is 0.175 e. The van der Waals surface area contributed by atoms with Crippen LogP contribution in [0.25, 0.3) is 0 Å². The van der Waals surface area contributed by atoms with Crippen molar-refractivity contribution in [3.63, 3.8) is 0 Å². The lowest BCUT2D eigenvalue weighted by atomic mass is 9.87. The Bertz CT molecular complexity index is 624. The molecule has 0 fully saturated rings. The minimum atomic E-state index is 0.166. The molecule has 0 saturated carbocycles. The monoisotopic (exact) mass is 298 g/mol. The third kappa shape index (κ3) is 4.57. The van der Waals surface area contributed by atoms with Crippen molar-refractivity contribution in [1.29, 1.82) is 0 Å². The van der Waals surface area contributed by atoms with Crippen LogP contribution in [0, 0.1) is 6.92 Å². The quantitative estimate of drug-likeness (QED) is 0.754. The molecule has 0 unspecified atom stereocenters. The average Bonchev–Trinajstić information content (AvgIpc) is 2.38. The molecule has 2 aromatic carbocycles. The normalized spacial score (nSPS) is 11.0. The van der Waals surface area contributed by atoms with Gasteiger partial charge in [-0.1, -0.05) is 45.0 Å². The van der Waals surface area contributed by atoms with Gasteiger partial charge in [0.25, 0.3) is 0 Å². The standard InChI is InChI=1S/C18H22N2S/c1-13-6-5-7-16(12-13)20-17(21)19-15-10-8-14(9-11-15)18(2,3)4/h5-12H,1-4H3,(H2,19,20,21). The molecule has 0 radical (unpaired) electrons. The molecule has 0 aliphatic carbocycles. The lowest BCUT2D eigenvalue weighted by Crippen LogP contribution is -2.19. The van der Waals surface area contributed by atoms with Gasteiger partial charge in [-0.2, -0.15) is 0 Å². The summed E-state index contributed by atoms with van der Waals surface area (Å²) in [6, 6.07) is 16.5. The zero-order chi connectivity index (χ0) is 15.5. The topological polar surface area (TPSA) is 24.1 Å². The van der Waals surface area contributed by atoms with Crippen LogP contribution >= 0.6 is 12.2 Å². The van der Waals surface area contributed by atoms with Gasteiger partial charge in [0.15, 0.2) is 5.11 Å². The largest absolute Gasteiger partial charge is 0.332 e. The molecule has 0 aliphatic rings. The fourth-order valence-corrected chi connectivity index (χ4v) is 2.31. The molecule has 0 heterocycles. The van der Waals surface area contributed by atoms with E-state index < -0.39 is 0 Å². The van der Waals surface area contributed by atoms with Gasteiger partial charge >= 0.3 is 0 Å². The van der Waals surface area contributed by atoms with Crippen LogP contribution in [0.3, 0.4) is 0 Å². The van der Waals surface area contributed by atoms with Gasteiger partial charge in [-0.25, -0.2) is 0 Å². The first-order chi connectivity index (χ1) is 9.84. The van der Waals surface area contributed by atoms with Gasteiger partial charge in [0, 0.05) is 11.4 Å². The summed E-state index contributed by atoms with van der Waals surface area (Å²) in [6.45, 7) is 8.69. The van der Waals surface area contributed by atoms with E-state index in [-0.39, 0.29) is 5.41 Å². The van der Waals surface area contributed by atoms with Crippen LogP contribution in [0.1, 0.15) is 31.9 Å². The summed E-state index contributed by atoms with van der Waals surface area (Å²) < 4.78 is 0. The maximum absolute atomic E-state index is 5.35. The molecule has 2 nitrogen and oxygen atoms in total. The molecule has 0 spiro atoms. The molecule has 21 heavy (non-hydrogen) atoms. The Labute approximate surface area is 132 Å². The average molecular weight is 298 g/mol. The summed E-state index contributed by atoms with van der Waals surface area (Å²) in [5, 5.41) is 7.01. The van der Waals surface area contributed by atoms with Crippen molar-refractivity contribution < 1.29 is 0 Å². The predicted molar refractivity (Wildman–Crippen MR) is 96.2 cm³/mol. The molecular weight excluding hydrogens is 276 g/mol. The number of rotatable bonds is 2. The van der Waals surface area contributed by atoms with E-state index in [1.807, 2.05) is 12.1 Å². The minimum absolute atomic E-state index is 0.166. The molecule has 0 saturated heterocycles. The van der Waals surface area contributed by atoms with E-state index in [2.05, 4.69) is 74.7 Å².